The van der Waals surface area contributed by atoms with Crippen molar-refractivity contribution in [3.8, 4) is 0 Å². The Balaban J connectivity index is 2.30. The smallest absolute Gasteiger partial charge is 0.195 e. The average Bonchev–Trinajstić information content (AvgIpc) is 2.73. The third kappa shape index (κ3) is 2.18. The molecule has 0 amide bonds. The van der Waals surface area contributed by atoms with E-state index in [4.69, 9.17) is 0 Å². The van der Waals surface area contributed by atoms with Gasteiger partial charge in [0, 0.05) is 12.2 Å². The molecule has 0 spiro atoms. The number of aliphatic imine (C=N–C) groups is 1. The first-order valence-electron chi connectivity index (χ1n) is 5.83. The highest BCUT2D eigenvalue weighted by molar-refractivity contribution is 5.96. The Morgan fingerprint density at radius 2 is 2.19 bits per heavy atom. The summed E-state index contributed by atoms with van der Waals surface area (Å²) in [4.78, 5) is 4.37. The number of nitrogens with one attached hydrogen (secondary N) is 2. The maximum Gasteiger partial charge on any atom is 0.195 e. The molecule has 0 saturated carbocycles. The summed E-state index contributed by atoms with van der Waals surface area (Å²) >= 11 is 0. The number of hydrogen-bond acceptors (Lipinski definition) is 3. The van der Waals surface area contributed by atoms with Gasteiger partial charge in [-0.3, -0.25) is 4.99 Å². The fourth-order valence-electron chi connectivity index (χ4n) is 1.94. The molecule has 1 aliphatic heterocycles. The van der Waals surface area contributed by atoms with Crippen LogP contribution in [-0.2, 0) is 0 Å². The van der Waals surface area contributed by atoms with Crippen LogP contribution < -0.4 is 10.6 Å². The summed E-state index contributed by atoms with van der Waals surface area (Å²) in [5, 5.41) is 6.64. The first-order valence-corrected chi connectivity index (χ1v) is 5.83. The lowest BCUT2D eigenvalue weighted by molar-refractivity contribution is 0.867. The number of benzene rings is 1. The normalized spacial score (nSPS) is 14.9. The molecule has 0 saturated heterocycles. The van der Waals surface area contributed by atoms with Crippen LogP contribution >= 0.6 is 0 Å². The van der Waals surface area contributed by atoms with E-state index in [2.05, 4.69) is 54.6 Å². The van der Waals surface area contributed by atoms with Crippen LogP contribution in [0.15, 0.2) is 23.2 Å². The highest BCUT2D eigenvalue weighted by atomic mass is 15.2. The van der Waals surface area contributed by atoms with Gasteiger partial charge in [0.25, 0.3) is 0 Å². The topological polar surface area (TPSA) is 36.4 Å². The minimum atomic E-state index is 0.518. The van der Waals surface area contributed by atoms with Gasteiger partial charge in [-0.25, -0.2) is 0 Å². The molecule has 0 bridgehead atoms. The van der Waals surface area contributed by atoms with E-state index in [0.717, 1.165) is 19.0 Å². The number of para-hydroxylation sites is 1. The minimum Gasteiger partial charge on any atom is -0.354 e. The van der Waals surface area contributed by atoms with Crippen molar-refractivity contribution in [3.63, 3.8) is 0 Å². The van der Waals surface area contributed by atoms with E-state index in [1.165, 1.54) is 16.8 Å². The zero-order chi connectivity index (χ0) is 11.5. The van der Waals surface area contributed by atoms with Crippen LogP contribution in [0.5, 0.6) is 0 Å². The third-order valence-electron chi connectivity index (χ3n) is 2.84. The van der Waals surface area contributed by atoms with Gasteiger partial charge in [-0.05, 0) is 24.0 Å². The molecule has 1 aromatic carbocycles. The van der Waals surface area contributed by atoms with Crippen LogP contribution in [0.3, 0.4) is 0 Å². The van der Waals surface area contributed by atoms with Crippen molar-refractivity contribution in [2.24, 2.45) is 4.99 Å². The van der Waals surface area contributed by atoms with E-state index < -0.39 is 0 Å². The number of aryl methyl sites for hydroxylation is 1. The second-order valence-corrected chi connectivity index (χ2v) is 4.48. The Bertz CT molecular complexity index is 408. The van der Waals surface area contributed by atoms with Crippen LogP contribution in [-0.4, -0.2) is 19.0 Å². The van der Waals surface area contributed by atoms with Crippen LogP contribution in [0, 0.1) is 6.92 Å². The van der Waals surface area contributed by atoms with Crippen LogP contribution in [0.25, 0.3) is 0 Å². The summed E-state index contributed by atoms with van der Waals surface area (Å²) in [6.45, 7) is 8.36. The molecule has 0 aliphatic carbocycles. The summed E-state index contributed by atoms with van der Waals surface area (Å²) in [5.41, 5.74) is 3.81. The van der Waals surface area contributed by atoms with E-state index in [9.17, 15) is 0 Å². The van der Waals surface area contributed by atoms with Crippen LogP contribution in [0.1, 0.15) is 30.9 Å². The molecule has 2 N–H and O–H groups in total. The molecule has 86 valence electrons. The molecule has 2 rings (SSSR count). The van der Waals surface area contributed by atoms with Gasteiger partial charge < -0.3 is 10.6 Å². The number of rotatable bonds is 2. The van der Waals surface area contributed by atoms with Crippen molar-refractivity contribution in [1.82, 2.24) is 5.32 Å². The van der Waals surface area contributed by atoms with E-state index in [1.807, 2.05) is 0 Å². The van der Waals surface area contributed by atoms with E-state index in [1.54, 1.807) is 0 Å². The zero-order valence-electron chi connectivity index (χ0n) is 10.2. The summed E-state index contributed by atoms with van der Waals surface area (Å²) in [6, 6.07) is 6.42. The number of anilines is 1. The number of nitrogens with zero attached hydrogens (tertiary/aromatic N) is 1. The molecule has 1 aliphatic rings. The van der Waals surface area contributed by atoms with Crippen molar-refractivity contribution in [3.05, 3.63) is 29.3 Å². The maximum absolute atomic E-state index is 4.37. The van der Waals surface area contributed by atoms with Crippen LogP contribution in [0.4, 0.5) is 5.69 Å². The predicted molar refractivity (Wildman–Crippen MR) is 69.2 cm³/mol. The largest absolute Gasteiger partial charge is 0.354 e. The van der Waals surface area contributed by atoms with Gasteiger partial charge in [0.1, 0.15) is 0 Å². The minimum absolute atomic E-state index is 0.518. The summed E-state index contributed by atoms with van der Waals surface area (Å²) < 4.78 is 0. The molecule has 0 unspecified atom stereocenters. The van der Waals surface area contributed by atoms with Crippen molar-refractivity contribution >= 4 is 11.6 Å². The lowest BCUT2D eigenvalue weighted by Crippen LogP contribution is -2.27. The quantitative estimate of drug-likeness (QED) is 0.798. The second-order valence-electron chi connectivity index (χ2n) is 4.48. The Morgan fingerprint density at radius 1 is 1.38 bits per heavy atom. The highest BCUT2D eigenvalue weighted by Gasteiger charge is 2.12. The second kappa shape index (κ2) is 4.56. The van der Waals surface area contributed by atoms with Gasteiger partial charge in [0.05, 0.1) is 6.54 Å². The molecule has 1 aromatic rings. The lowest BCUT2D eigenvalue weighted by atomic mass is 9.98. The van der Waals surface area contributed by atoms with Gasteiger partial charge >= 0.3 is 0 Å². The SMILES string of the molecule is Cc1cccc(C(C)C)c1NC1=NCCN1. The van der Waals surface area contributed by atoms with E-state index in [-0.39, 0.29) is 0 Å². The Morgan fingerprint density at radius 3 is 2.81 bits per heavy atom. The van der Waals surface area contributed by atoms with Crippen molar-refractivity contribution in [1.29, 1.82) is 0 Å². The molecule has 0 atom stereocenters. The van der Waals surface area contributed by atoms with Gasteiger partial charge in [0.2, 0.25) is 0 Å². The Labute approximate surface area is 97.0 Å². The third-order valence-corrected chi connectivity index (χ3v) is 2.84. The first kappa shape index (κ1) is 11.0. The van der Waals surface area contributed by atoms with E-state index >= 15 is 0 Å². The van der Waals surface area contributed by atoms with Crippen LogP contribution in [0.2, 0.25) is 0 Å². The maximum atomic E-state index is 4.37. The Hall–Kier alpha value is -1.51. The molecule has 0 fully saturated rings. The van der Waals surface area contributed by atoms with Crippen molar-refractivity contribution in [2.45, 2.75) is 26.7 Å². The monoisotopic (exact) mass is 217 g/mol. The van der Waals surface area contributed by atoms with Gasteiger partial charge in [0.15, 0.2) is 5.96 Å². The van der Waals surface area contributed by atoms with E-state index in [0.29, 0.717) is 5.92 Å². The molecular formula is C13H19N3. The molecule has 0 radical (unpaired) electrons. The predicted octanol–water partition coefficient (Wildman–Crippen LogP) is 2.49. The lowest BCUT2D eigenvalue weighted by Gasteiger charge is -2.17. The number of guanidine groups is 1. The summed E-state index contributed by atoms with van der Waals surface area (Å²) in [7, 11) is 0. The highest BCUT2D eigenvalue weighted by Crippen LogP contribution is 2.27. The standard InChI is InChI=1S/C13H19N3/c1-9(2)11-6-4-5-10(3)12(11)16-13-14-7-8-15-13/h4-6,9H,7-8H2,1-3H3,(H2,14,15,16). The van der Waals surface area contributed by atoms with Gasteiger partial charge in [-0.15, -0.1) is 0 Å². The average molecular weight is 217 g/mol. The molecule has 3 heteroatoms. The Kier molecular flexibility index (Phi) is 3.13. The molecule has 0 aromatic heterocycles. The molecular weight excluding hydrogens is 198 g/mol. The number of hydrogen-bond donors (Lipinski definition) is 2. The van der Waals surface area contributed by atoms with Crippen molar-refractivity contribution < 1.29 is 0 Å². The zero-order valence-corrected chi connectivity index (χ0v) is 10.2. The first-order chi connectivity index (χ1) is 7.68. The fourth-order valence-corrected chi connectivity index (χ4v) is 1.94. The van der Waals surface area contributed by atoms with Gasteiger partial charge in [-0.2, -0.15) is 0 Å². The molecule has 3 nitrogen and oxygen atoms in total. The summed E-state index contributed by atoms with van der Waals surface area (Å²) in [6.07, 6.45) is 0. The van der Waals surface area contributed by atoms with Crippen molar-refractivity contribution in [2.75, 3.05) is 18.4 Å². The van der Waals surface area contributed by atoms with Gasteiger partial charge in [-0.1, -0.05) is 32.0 Å². The fraction of sp³-hybridized carbons (Fsp3) is 0.462. The molecule has 16 heavy (non-hydrogen) atoms. The summed E-state index contributed by atoms with van der Waals surface area (Å²) in [5.74, 6) is 1.42. The molecule has 1 heterocycles.